The highest BCUT2D eigenvalue weighted by Gasteiger charge is 2.10. The first-order valence-electron chi connectivity index (χ1n) is 6.90. The molecule has 0 bridgehead atoms. The Hall–Kier alpha value is -2.22. The van der Waals surface area contributed by atoms with Gasteiger partial charge in [-0.25, -0.2) is 14.5 Å². The molecule has 2 aromatic heterocycles. The molecular weight excluding hydrogens is 272 g/mol. The van der Waals surface area contributed by atoms with E-state index in [0.29, 0.717) is 11.7 Å². The molecular formula is C13H20N6O2. The van der Waals surface area contributed by atoms with Crippen molar-refractivity contribution in [3.63, 3.8) is 0 Å². The molecule has 2 N–H and O–H groups in total. The van der Waals surface area contributed by atoms with Crippen LogP contribution in [-0.2, 0) is 19.6 Å². The molecule has 0 radical (unpaired) electrons. The van der Waals surface area contributed by atoms with Crippen molar-refractivity contribution in [2.45, 2.75) is 33.5 Å². The zero-order valence-electron chi connectivity index (χ0n) is 12.3. The van der Waals surface area contributed by atoms with Gasteiger partial charge < -0.3 is 5.73 Å². The summed E-state index contributed by atoms with van der Waals surface area (Å²) in [4.78, 5) is 28.1. The molecule has 0 spiro atoms. The Morgan fingerprint density at radius 2 is 2.10 bits per heavy atom. The summed E-state index contributed by atoms with van der Waals surface area (Å²) in [6, 6.07) is 1.36. The molecule has 0 amide bonds. The van der Waals surface area contributed by atoms with Crippen molar-refractivity contribution >= 4 is 0 Å². The van der Waals surface area contributed by atoms with E-state index in [-0.39, 0.29) is 30.9 Å². The zero-order chi connectivity index (χ0) is 15.4. The fourth-order valence-electron chi connectivity index (χ4n) is 2.07. The standard InChI is InChI=1S/C13H20N6O2/c1-10(2)7-19-11(15-9-16-19)8-17-5-3-12(20)18(6-4-14)13(17)21/h3,5,9-10H,4,6-8,14H2,1-2H3. The summed E-state index contributed by atoms with van der Waals surface area (Å²) in [6.45, 7) is 5.61. The van der Waals surface area contributed by atoms with Crippen LogP contribution in [-0.4, -0.2) is 30.4 Å². The van der Waals surface area contributed by atoms with Gasteiger partial charge in [-0.1, -0.05) is 13.8 Å². The fourth-order valence-corrected chi connectivity index (χ4v) is 2.07. The molecule has 0 saturated carbocycles. The predicted molar refractivity (Wildman–Crippen MR) is 78.0 cm³/mol. The lowest BCUT2D eigenvalue weighted by Gasteiger charge is -2.11. The van der Waals surface area contributed by atoms with Crippen LogP contribution in [0.1, 0.15) is 19.7 Å². The Morgan fingerprint density at radius 1 is 1.33 bits per heavy atom. The molecule has 0 aliphatic rings. The molecule has 114 valence electrons. The van der Waals surface area contributed by atoms with E-state index in [9.17, 15) is 9.59 Å². The van der Waals surface area contributed by atoms with Gasteiger partial charge in [-0.15, -0.1) is 0 Å². The zero-order valence-corrected chi connectivity index (χ0v) is 12.3. The minimum absolute atomic E-state index is 0.206. The van der Waals surface area contributed by atoms with Crippen LogP contribution in [0.4, 0.5) is 0 Å². The Labute approximate surface area is 121 Å². The second kappa shape index (κ2) is 6.49. The highest BCUT2D eigenvalue weighted by Crippen LogP contribution is 2.02. The minimum Gasteiger partial charge on any atom is -0.329 e. The van der Waals surface area contributed by atoms with Crippen molar-refractivity contribution in [2.75, 3.05) is 6.54 Å². The summed E-state index contributed by atoms with van der Waals surface area (Å²) < 4.78 is 4.34. The largest absolute Gasteiger partial charge is 0.331 e. The maximum Gasteiger partial charge on any atom is 0.331 e. The maximum absolute atomic E-state index is 12.3. The van der Waals surface area contributed by atoms with Gasteiger partial charge in [-0.3, -0.25) is 13.9 Å². The van der Waals surface area contributed by atoms with Gasteiger partial charge in [0.25, 0.3) is 5.56 Å². The van der Waals surface area contributed by atoms with Crippen LogP contribution < -0.4 is 17.0 Å². The molecule has 8 heteroatoms. The summed E-state index contributed by atoms with van der Waals surface area (Å²) in [7, 11) is 0. The third kappa shape index (κ3) is 3.46. The van der Waals surface area contributed by atoms with E-state index in [1.165, 1.54) is 23.2 Å². The summed E-state index contributed by atoms with van der Waals surface area (Å²) in [6.07, 6.45) is 2.95. The quantitative estimate of drug-likeness (QED) is 0.756. The van der Waals surface area contributed by atoms with Crippen molar-refractivity contribution in [1.29, 1.82) is 0 Å². The lowest BCUT2D eigenvalue weighted by atomic mass is 10.2. The molecule has 2 heterocycles. The smallest absolute Gasteiger partial charge is 0.329 e. The van der Waals surface area contributed by atoms with E-state index < -0.39 is 0 Å². The van der Waals surface area contributed by atoms with Gasteiger partial charge in [-0.05, 0) is 5.92 Å². The van der Waals surface area contributed by atoms with Gasteiger partial charge in [-0.2, -0.15) is 5.10 Å². The van der Waals surface area contributed by atoms with Gasteiger partial charge in [0, 0.05) is 31.9 Å². The van der Waals surface area contributed by atoms with E-state index in [2.05, 4.69) is 23.9 Å². The first kappa shape index (κ1) is 15.2. The van der Waals surface area contributed by atoms with E-state index in [0.717, 1.165) is 11.1 Å². The second-order valence-electron chi connectivity index (χ2n) is 5.26. The summed E-state index contributed by atoms with van der Waals surface area (Å²) in [5, 5.41) is 4.16. The lowest BCUT2D eigenvalue weighted by molar-refractivity contribution is 0.456. The Bertz CT molecular complexity index is 712. The van der Waals surface area contributed by atoms with Crippen LogP contribution in [0, 0.1) is 5.92 Å². The van der Waals surface area contributed by atoms with Gasteiger partial charge in [0.15, 0.2) is 0 Å². The minimum atomic E-state index is -0.382. The second-order valence-corrected chi connectivity index (χ2v) is 5.26. The molecule has 8 nitrogen and oxygen atoms in total. The Morgan fingerprint density at radius 3 is 2.76 bits per heavy atom. The van der Waals surface area contributed by atoms with E-state index in [1.54, 1.807) is 4.68 Å². The molecule has 0 fully saturated rings. The van der Waals surface area contributed by atoms with Gasteiger partial charge in [0.1, 0.15) is 12.2 Å². The van der Waals surface area contributed by atoms with Gasteiger partial charge in [0.2, 0.25) is 0 Å². The van der Waals surface area contributed by atoms with Crippen LogP contribution in [0.2, 0.25) is 0 Å². The van der Waals surface area contributed by atoms with Gasteiger partial charge in [0.05, 0.1) is 6.54 Å². The van der Waals surface area contributed by atoms with E-state index in [1.807, 2.05) is 0 Å². The number of aromatic nitrogens is 5. The van der Waals surface area contributed by atoms with Crippen LogP contribution >= 0.6 is 0 Å². The van der Waals surface area contributed by atoms with E-state index in [4.69, 9.17) is 5.73 Å². The third-order valence-corrected chi connectivity index (χ3v) is 3.04. The molecule has 0 aliphatic heterocycles. The molecule has 0 aromatic carbocycles. The van der Waals surface area contributed by atoms with Crippen LogP contribution in [0.25, 0.3) is 0 Å². The van der Waals surface area contributed by atoms with E-state index >= 15 is 0 Å². The van der Waals surface area contributed by atoms with Gasteiger partial charge >= 0.3 is 5.69 Å². The van der Waals surface area contributed by atoms with Crippen LogP contribution in [0.3, 0.4) is 0 Å². The first-order valence-corrected chi connectivity index (χ1v) is 6.90. The molecule has 0 saturated heterocycles. The maximum atomic E-state index is 12.3. The SMILES string of the molecule is CC(C)Cn1ncnc1Cn1ccc(=O)n(CCN)c1=O. The molecule has 0 unspecified atom stereocenters. The summed E-state index contributed by atoms with van der Waals surface area (Å²) in [5.41, 5.74) is 4.70. The number of nitrogens with zero attached hydrogens (tertiary/aromatic N) is 5. The van der Waals surface area contributed by atoms with Crippen molar-refractivity contribution in [1.82, 2.24) is 23.9 Å². The Kier molecular flexibility index (Phi) is 4.69. The molecule has 0 atom stereocenters. The number of hydrogen-bond donors (Lipinski definition) is 1. The van der Waals surface area contributed by atoms with Crippen molar-refractivity contribution in [3.05, 3.63) is 45.3 Å². The predicted octanol–water partition coefficient (Wildman–Crippen LogP) is -0.735. The highest BCUT2D eigenvalue weighted by molar-refractivity contribution is 4.92. The summed E-state index contributed by atoms with van der Waals surface area (Å²) >= 11 is 0. The summed E-state index contributed by atoms with van der Waals surface area (Å²) in [5.74, 6) is 1.11. The Balaban J connectivity index is 2.33. The highest BCUT2D eigenvalue weighted by atomic mass is 16.2. The number of nitrogens with two attached hydrogens (primary N) is 1. The monoisotopic (exact) mass is 292 g/mol. The molecule has 0 aliphatic carbocycles. The first-order chi connectivity index (χ1) is 10.0. The van der Waals surface area contributed by atoms with Crippen molar-refractivity contribution < 1.29 is 0 Å². The average Bonchev–Trinajstić information content (AvgIpc) is 2.84. The van der Waals surface area contributed by atoms with Crippen LogP contribution in [0.5, 0.6) is 0 Å². The number of rotatable bonds is 6. The molecule has 2 aromatic rings. The fraction of sp³-hybridized carbons (Fsp3) is 0.538. The normalized spacial score (nSPS) is 11.2. The lowest BCUT2D eigenvalue weighted by Crippen LogP contribution is -2.40. The van der Waals surface area contributed by atoms with Crippen molar-refractivity contribution in [2.24, 2.45) is 11.7 Å². The third-order valence-electron chi connectivity index (χ3n) is 3.04. The van der Waals surface area contributed by atoms with Crippen molar-refractivity contribution in [3.8, 4) is 0 Å². The topological polar surface area (TPSA) is 101 Å². The molecule has 21 heavy (non-hydrogen) atoms. The van der Waals surface area contributed by atoms with Crippen LogP contribution in [0.15, 0.2) is 28.2 Å². The molecule has 2 rings (SSSR count). The average molecular weight is 292 g/mol. The number of hydrogen-bond acceptors (Lipinski definition) is 5.